The van der Waals surface area contributed by atoms with E-state index in [1.165, 1.54) is 0 Å². The third kappa shape index (κ3) is 1.26. The fourth-order valence-electron chi connectivity index (χ4n) is 1.85. The maximum atomic E-state index is 7.41. The second-order valence-electron chi connectivity index (χ2n) is 3.64. The summed E-state index contributed by atoms with van der Waals surface area (Å²) in [7, 11) is 2.02. The van der Waals surface area contributed by atoms with E-state index in [9.17, 15) is 0 Å². The van der Waals surface area contributed by atoms with Gasteiger partial charge in [0, 0.05) is 12.1 Å². The zero-order chi connectivity index (χ0) is 10.3. The van der Waals surface area contributed by atoms with E-state index in [2.05, 4.69) is 4.90 Å². The molecule has 0 saturated heterocycles. The number of nitrogens with one attached hydrogen (secondary N) is 1. The molecule has 0 aliphatic carbocycles. The minimum atomic E-state index is -0.00273. The van der Waals surface area contributed by atoms with Gasteiger partial charge >= 0.3 is 0 Å². The molecule has 5 heteroatoms. The lowest BCUT2D eigenvalue weighted by Crippen LogP contribution is -2.27. The standard InChI is InChI=1S/C9H14N4O/c1-13-3-2-5-6(4-13)14-9(12)7(5)8(10)11/h2-4,12H2,1H3,(H3,10,11). The van der Waals surface area contributed by atoms with Crippen LogP contribution >= 0.6 is 0 Å². The topological polar surface area (TPSA) is 92.3 Å². The van der Waals surface area contributed by atoms with Gasteiger partial charge in [0.05, 0.1) is 12.1 Å². The maximum Gasteiger partial charge on any atom is 0.201 e. The summed E-state index contributed by atoms with van der Waals surface area (Å²) in [5.41, 5.74) is 12.7. The Bertz CT molecular complexity index is 382. The van der Waals surface area contributed by atoms with Crippen molar-refractivity contribution in [3.8, 4) is 0 Å². The van der Waals surface area contributed by atoms with Crippen LogP contribution in [0.25, 0.3) is 0 Å². The summed E-state index contributed by atoms with van der Waals surface area (Å²) in [5.74, 6) is 1.12. The Kier molecular flexibility index (Phi) is 1.96. The van der Waals surface area contributed by atoms with Crippen LogP contribution in [0.2, 0.25) is 0 Å². The van der Waals surface area contributed by atoms with Crippen molar-refractivity contribution in [1.82, 2.24) is 4.90 Å². The van der Waals surface area contributed by atoms with Crippen LogP contribution in [0.5, 0.6) is 0 Å². The van der Waals surface area contributed by atoms with Gasteiger partial charge in [0.1, 0.15) is 11.6 Å². The number of nitrogens with zero attached hydrogens (tertiary/aromatic N) is 1. The number of likely N-dealkylation sites (N-methyl/N-ethyl adjacent to an activating group) is 1. The molecule has 5 N–H and O–H groups in total. The summed E-state index contributed by atoms with van der Waals surface area (Å²) in [6.45, 7) is 1.69. The SMILES string of the molecule is CN1CCc2c(oc(N)c2C(=N)N)C1. The molecule has 14 heavy (non-hydrogen) atoms. The smallest absolute Gasteiger partial charge is 0.201 e. The van der Waals surface area contributed by atoms with Gasteiger partial charge in [0.25, 0.3) is 0 Å². The molecule has 0 spiro atoms. The van der Waals surface area contributed by atoms with Gasteiger partial charge in [-0.2, -0.15) is 0 Å². The summed E-state index contributed by atoms with van der Waals surface area (Å²) in [6.07, 6.45) is 0.849. The molecule has 2 heterocycles. The monoisotopic (exact) mass is 194 g/mol. The molecule has 1 aliphatic rings. The van der Waals surface area contributed by atoms with Crippen LogP contribution in [0.4, 0.5) is 5.88 Å². The number of rotatable bonds is 1. The van der Waals surface area contributed by atoms with Crippen molar-refractivity contribution in [3.63, 3.8) is 0 Å². The maximum absolute atomic E-state index is 7.41. The largest absolute Gasteiger partial charge is 0.444 e. The van der Waals surface area contributed by atoms with Crippen molar-refractivity contribution in [1.29, 1.82) is 5.41 Å². The van der Waals surface area contributed by atoms with E-state index >= 15 is 0 Å². The molecule has 5 nitrogen and oxygen atoms in total. The molecule has 76 valence electrons. The molecule has 0 atom stereocenters. The zero-order valence-electron chi connectivity index (χ0n) is 8.13. The van der Waals surface area contributed by atoms with Gasteiger partial charge in [-0.15, -0.1) is 0 Å². The van der Waals surface area contributed by atoms with Crippen LogP contribution in [0.3, 0.4) is 0 Å². The molecule has 0 radical (unpaired) electrons. The number of hydrogen-bond acceptors (Lipinski definition) is 4. The third-order valence-electron chi connectivity index (χ3n) is 2.54. The number of amidine groups is 1. The highest BCUT2D eigenvalue weighted by Crippen LogP contribution is 2.28. The van der Waals surface area contributed by atoms with Crippen molar-refractivity contribution < 1.29 is 4.42 Å². The van der Waals surface area contributed by atoms with E-state index in [1.807, 2.05) is 7.05 Å². The molecular weight excluding hydrogens is 180 g/mol. The molecule has 0 bridgehead atoms. The van der Waals surface area contributed by atoms with Gasteiger partial charge in [-0.25, -0.2) is 0 Å². The third-order valence-corrected chi connectivity index (χ3v) is 2.54. The molecule has 1 aliphatic heterocycles. The van der Waals surface area contributed by atoms with E-state index in [0.29, 0.717) is 5.56 Å². The second kappa shape index (κ2) is 3.02. The van der Waals surface area contributed by atoms with Gasteiger partial charge in [-0.3, -0.25) is 10.3 Å². The molecule has 0 amide bonds. The van der Waals surface area contributed by atoms with Crippen LogP contribution in [0.1, 0.15) is 16.9 Å². The summed E-state index contributed by atoms with van der Waals surface area (Å²) < 4.78 is 5.38. The molecule has 2 rings (SSSR count). The molecule has 1 aromatic heterocycles. The van der Waals surface area contributed by atoms with E-state index in [-0.39, 0.29) is 11.7 Å². The summed E-state index contributed by atoms with van der Waals surface area (Å²) in [5, 5.41) is 7.41. The highest BCUT2D eigenvalue weighted by atomic mass is 16.4. The first-order chi connectivity index (χ1) is 6.59. The average molecular weight is 194 g/mol. The van der Waals surface area contributed by atoms with Crippen LogP contribution in [0, 0.1) is 5.41 Å². The highest BCUT2D eigenvalue weighted by molar-refractivity contribution is 6.00. The van der Waals surface area contributed by atoms with Crippen LogP contribution in [0.15, 0.2) is 4.42 Å². The van der Waals surface area contributed by atoms with E-state index in [1.54, 1.807) is 0 Å². The summed E-state index contributed by atoms with van der Waals surface area (Å²) in [4.78, 5) is 2.15. The normalized spacial score (nSPS) is 16.6. The molecular formula is C9H14N4O. The second-order valence-corrected chi connectivity index (χ2v) is 3.64. The fourth-order valence-corrected chi connectivity index (χ4v) is 1.85. The predicted molar refractivity (Wildman–Crippen MR) is 54.2 cm³/mol. The minimum absolute atomic E-state index is 0.00273. The van der Waals surface area contributed by atoms with Gasteiger partial charge in [-0.1, -0.05) is 0 Å². The van der Waals surface area contributed by atoms with Gasteiger partial charge in [0.15, 0.2) is 0 Å². The predicted octanol–water partition coefficient (Wildman–Crippen LogP) is 0.134. The van der Waals surface area contributed by atoms with E-state index in [0.717, 1.165) is 30.8 Å². The summed E-state index contributed by atoms with van der Waals surface area (Å²) in [6, 6.07) is 0. The number of nitrogen functional groups attached to an aromatic ring is 2. The molecule has 0 aromatic carbocycles. The van der Waals surface area contributed by atoms with Gasteiger partial charge in [-0.05, 0) is 13.5 Å². The lowest BCUT2D eigenvalue weighted by atomic mass is 10.0. The number of nitrogens with two attached hydrogens (primary N) is 2. The van der Waals surface area contributed by atoms with Crippen molar-refractivity contribution in [2.75, 3.05) is 19.3 Å². The molecule has 0 unspecified atom stereocenters. The average Bonchev–Trinajstić information content (AvgIpc) is 2.39. The number of anilines is 1. The van der Waals surface area contributed by atoms with Crippen molar-refractivity contribution in [2.24, 2.45) is 5.73 Å². The Morgan fingerprint density at radius 2 is 2.29 bits per heavy atom. The first-order valence-corrected chi connectivity index (χ1v) is 4.52. The first kappa shape index (κ1) is 9.08. The Morgan fingerprint density at radius 1 is 1.57 bits per heavy atom. The molecule has 0 saturated carbocycles. The van der Waals surface area contributed by atoms with Crippen molar-refractivity contribution >= 4 is 11.7 Å². The number of fused-ring (bicyclic) bond motifs is 1. The first-order valence-electron chi connectivity index (χ1n) is 4.52. The lowest BCUT2D eigenvalue weighted by molar-refractivity contribution is 0.279. The highest BCUT2D eigenvalue weighted by Gasteiger charge is 2.24. The van der Waals surface area contributed by atoms with Crippen LogP contribution in [-0.2, 0) is 13.0 Å². The molecule has 1 aromatic rings. The zero-order valence-corrected chi connectivity index (χ0v) is 8.13. The van der Waals surface area contributed by atoms with E-state index < -0.39 is 0 Å². The Morgan fingerprint density at radius 3 is 2.93 bits per heavy atom. The lowest BCUT2D eigenvalue weighted by Gasteiger charge is -2.21. The van der Waals surface area contributed by atoms with E-state index in [4.69, 9.17) is 21.3 Å². The Balaban J connectivity index is 2.49. The quantitative estimate of drug-likeness (QED) is 0.438. The van der Waals surface area contributed by atoms with Gasteiger partial charge in [0.2, 0.25) is 5.88 Å². The molecule has 0 fully saturated rings. The van der Waals surface area contributed by atoms with Gasteiger partial charge < -0.3 is 15.9 Å². The Hall–Kier alpha value is -1.49. The van der Waals surface area contributed by atoms with Crippen LogP contribution < -0.4 is 11.5 Å². The van der Waals surface area contributed by atoms with Crippen molar-refractivity contribution in [2.45, 2.75) is 13.0 Å². The van der Waals surface area contributed by atoms with Crippen LogP contribution in [-0.4, -0.2) is 24.3 Å². The number of hydrogen-bond donors (Lipinski definition) is 3. The minimum Gasteiger partial charge on any atom is -0.444 e. The summed E-state index contributed by atoms with van der Waals surface area (Å²) >= 11 is 0. The fraction of sp³-hybridized carbons (Fsp3) is 0.444. The van der Waals surface area contributed by atoms with Crippen molar-refractivity contribution in [3.05, 3.63) is 16.9 Å². The number of furan rings is 1. The Labute approximate surface area is 82.2 Å².